The molecule has 0 aromatic heterocycles. The fourth-order valence-corrected chi connectivity index (χ4v) is 2.80. The van der Waals surface area contributed by atoms with E-state index in [1.165, 1.54) is 25.9 Å². The highest BCUT2D eigenvalue weighted by Crippen LogP contribution is 2.19. The van der Waals surface area contributed by atoms with Gasteiger partial charge in [-0.25, -0.2) is 0 Å². The first kappa shape index (κ1) is 15.9. The number of hydrogen-bond donors (Lipinski definition) is 1. The van der Waals surface area contributed by atoms with Crippen LogP contribution in [0.5, 0.6) is 0 Å². The molecule has 1 N–H and O–H groups in total. The Bertz CT molecular complexity index is 230. The van der Waals surface area contributed by atoms with Gasteiger partial charge in [0, 0.05) is 31.2 Å². The van der Waals surface area contributed by atoms with Crippen LogP contribution in [0.1, 0.15) is 40.5 Å². The summed E-state index contributed by atoms with van der Waals surface area (Å²) in [7, 11) is 4.33. The Morgan fingerprint density at radius 2 is 2.00 bits per heavy atom. The topological polar surface area (TPSA) is 18.5 Å². The minimum Gasteiger partial charge on any atom is -0.311 e. The molecule has 1 aliphatic rings. The summed E-state index contributed by atoms with van der Waals surface area (Å²) in [5.74, 6) is 0.779. The summed E-state index contributed by atoms with van der Waals surface area (Å²) in [5.41, 5.74) is 0. The summed E-state index contributed by atoms with van der Waals surface area (Å²) in [6, 6.07) is 2.03. The zero-order valence-corrected chi connectivity index (χ0v) is 13.2. The lowest BCUT2D eigenvalue weighted by atomic mass is 9.94. The molecule has 3 heteroatoms. The van der Waals surface area contributed by atoms with Crippen molar-refractivity contribution in [3.63, 3.8) is 0 Å². The minimum absolute atomic E-state index is 0.669. The van der Waals surface area contributed by atoms with E-state index < -0.39 is 0 Å². The lowest BCUT2D eigenvalue weighted by Gasteiger charge is -2.44. The van der Waals surface area contributed by atoms with Crippen LogP contribution in [-0.2, 0) is 0 Å². The molecule has 3 nitrogen and oxygen atoms in total. The van der Waals surface area contributed by atoms with Crippen LogP contribution >= 0.6 is 0 Å². The van der Waals surface area contributed by atoms with Gasteiger partial charge in [-0.05, 0) is 46.8 Å². The molecule has 1 aliphatic heterocycles. The highest BCUT2D eigenvalue weighted by Gasteiger charge is 2.30. The number of hydrogen-bond acceptors (Lipinski definition) is 3. The second kappa shape index (κ2) is 7.46. The molecule has 1 heterocycles. The molecular weight excluding hydrogens is 222 g/mol. The van der Waals surface area contributed by atoms with Gasteiger partial charge in [0.15, 0.2) is 0 Å². The second-order valence-corrected chi connectivity index (χ2v) is 6.39. The minimum atomic E-state index is 0.669. The van der Waals surface area contributed by atoms with Crippen LogP contribution in [0.15, 0.2) is 0 Å². The van der Waals surface area contributed by atoms with E-state index in [2.05, 4.69) is 56.9 Å². The van der Waals surface area contributed by atoms with Crippen LogP contribution in [0.25, 0.3) is 0 Å². The maximum atomic E-state index is 3.72. The van der Waals surface area contributed by atoms with Crippen molar-refractivity contribution in [3.8, 4) is 0 Å². The van der Waals surface area contributed by atoms with Crippen LogP contribution in [0, 0.1) is 5.92 Å². The van der Waals surface area contributed by atoms with Crippen molar-refractivity contribution in [2.45, 2.75) is 58.7 Å². The standard InChI is InChI=1S/C15H33N3/c1-7-12(2)15-11-18(14(4)10-16-15)13(3)8-9-17(5)6/h12-16H,7-11H2,1-6H3. The Balaban J connectivity index is 2.50. The van der Waals surface area contributed by atoms with Crippen molar-refractivity contribution < 1.29 is 0 Å². The Hall–Kier alpha value is -0.120. The fraction of sp³-hybridized carbons (Fsp3) is 1.00. The molecule has 1 saturated heterocycles. The van der Waals surface area contributed by atoms with E-state index in [1.807, 2.05) is 0 Å². The highest BCUT2D eigenvalue weighted by molar-refractivity contribution is 4.88. The van der Waals surface area contributed by atoms with Gasteiger partial charge in [-0.1, -0.05) is 20.3 Å². The first-order valence-electron chi connectivity index (χ1n) is 7.59. The molecule has 108 valence electrons. The predicted molar refractivity (Wildman–Crippen MR) is 80.0 cm³/mol. The van der Waals surface area contributed by atoms with E-state index in [-0.39, 0.29) is 0 Å². The van der Waals surface area contributed by atoms with Gasteiger partial charge in [-0.3, -0.25) is 4.90 Å². The van der Waals surface area contributed by atoms with Crippen LogP contribution in [0.4, 0.5) is 0 Å². The fourth-order valence-electron chi connectivity index (χ4n) is 2.80. The van der Waals surface area contributed by atoms with Gasteiger partial charge >= 0.3 is 0 Å². The van der Waals surface area contributed by atoms with E-state index >= 15 is 0 Å². The Morgan fingerprint density at radius 1 is 1.33 bits per heavy atom. The van der Waals surface area contributed by atoms with Gasteiger partial charge in [-0.15, -0.1) is 0 Å². The third-order valence-corrected chi connectivity index (χ3v) is 4.54. The second-order valence-electron chi connectivity index (χ2n) is 6.39. The summed E-state index contributed by atoms with van der Waals surface area (Å²) < 4.78 is 0. The average molecular weight is 255 g/mol. The molecule has 0 spiro atoms. The Morgan fingerprint density at radius 3 is 2.56 bits per heavy atom. The molecule has 4 unspecified atom stereocenters. The van der Waals surface area contributed by atoms with E-state index in [9.17, 15) is 0 Å². The predicted octanol–water partition coefficient (Wildman–Crippen LogP) is 2.03. The number of nitrogens with zero attached hydrogens (tertiary/aromatic N) is 2. The first-order valence-corrected chi connectivity index (χ1v) is 7.59. The SMILES string of the molecule is CCC(C)C1CN(C(C)CCN(C)C)C(C)CN1. The average Bonchev–Trinajstić information content (AvgIpc) is 2.35. The van der Waals surface area contributed by atoms with Crippen LogP contribution < -0.4 is 5.32 Å². The maximum absolute atomic E-state index is 3.72. The summed E-state index contributed by atoms with van der Waals surface area (Å²) in [5, 5.41) is 3.72. The van der Waals surface area contributed by atoms with Gasteiger partial charge in [0.1, 0.15) is 0 Å². The molecular formula is C15H33N3. The number of rotatable bonds is 6. The van der Waals surface area contributed by atoms with Crippen molar-refractivity contribution >= 4 is 0 Å². The lowest BCUT2D eigenvalue weighted by molar-refractivity contribution is 0.0750. The zero-order valence-electron chi connectivity index (χ0n) is 13.2. The molecule has 0 aromatic rings. The molecule has 0 amide bonds. The van der Waals surface area contributed by atoms with E-state index in [0.29, 0.717) is 18.1 Å². The molecule has 18 heavy (non-hydrogen) atoms. The van der Waals surface area contributed by atoms with Crippen molar-refractivity contribution in [2.75, 3.05) is 33.7 Å². The first-order chi connectivity index (χ1) is 8.45. The maximum Gasteiger partial charge on any atom is 0.0221 e. The third kappa shape index (κ3) is 4.52. The smallest absolute Gasteiger partial charge is 0.0221 e. The third-order valence-electron chi connectivity index (χ3n) is 4.54. The van der Waals surface area contributed by atoms with Gasteiger partial charge in [-0.2, -0.15) is 0 Å². The highest BCUT2D eigenvalue weighted by atomic mass is 15.3. The van der Waals surface area contributed by atoms with Gasteiger partial charge in [0.05, 0.1) is 0 Å². The molecule has 0 bridgehead atoms. The largest absolute Gasteiger partial charge is 0.311 e. The molecule has 4 atom stereocenters. The van der Waals surface area contributed by atoms with Gasteiger partial charge in [0.2, 0.25) is 0 Å². The molecule has 0 saturated carbocycles. The lowest BCUT2D eigenvalue weighted by Crippen LogP contribution is -2.59. The van der Waals surface area contributed by atoms with E-state index in [0.717, 1.165) is 12.5 Å². The molecule has 0 aromatic carbocycles. The summed E-state index contributed by atoms with van der Waals surface area (Å²) >= 11 is 0. The summed E-state index contributed by atoms with van der Waals surface area (Å²) in [4.78, 5) is 4.99. The number of piperazine rings is 1. The van der Waals surface area contributed by atoms with Crippen LogP contribution in [0.2, 0.25) is 0 Å². The summed E-state index contributed by atoms with van der Waals surface area (Å²) in [6.07, 6.45) is 2.54. The summed E-state index contributed by atoms with van der Waals surface area (Å²) in [6.45, 7) is 12.9. The molecule has 0 aliphatic carbocycles. The van der Waals surface area contributed by atoms with E-state index in [4.69, 9.17) is 0 Å². The van der Waals surface area contributed by atoms with Gasteiger partial charge < -0.3 is 10.2 Å². The van der Waals surface area contributed by atoms with Gasteiger partial charge in [0.25, 0.3) is 0 Å². The quantitative estimate of drug-likeness (QED) is 0.783. The van der Waals surface area contributed by atoms with Crippen molar-refractivity contribution in [1.82, 2.24) is 15.1 Å². The normalized spacial score (nSPS) is 29.5. The Labute approximate surface area is 114 Å². The molecule has 1 rings (SSSR count). The van der Waals surface area contributed by atoms with Crippen molar-refractivity contribution in [2.24, 2.45) is 5.92 Å². The van der Waals surface area contributed by atoms with Crippen molar-refractivity contribution in [1.29, 1.82) is 0 Å². The Kier molecular flexibility index (Phi) is 6.61. The van der Waals surface area contributed by atoms with Crippen LogP contribution in [0.3, 0.4) is 0 Å². The molecule has 1 fully saturated rings. The van der Waals surface area contributed by atoms with Crippen molar-refractivity contribution in [3.05, 3.63) is 0 Å². The number of nitrogens with one attached hydrogen (secondary N) is 1. The molecule has 0 radical (unpaired) electrons. The van der Waals surface area contributed by atoms with E-state index in [1.54, 1.807) is 0 Å². The monoisotopic (exact) mass is 255 g/mol. The van der Waals surface area contributed by atoms with Crippen LogP contribution in [-0.4, -0.2) is 61.7 Å². The zero-order chi connectivity index (χ0) is 13.7.